The number of aliphatic hydroxyl groups is 1. The molecular weight excluding hydrogens is 444 g/mol. The van der Waals surface area contributed by atoms with E-state index >= 15 is 0 Å². The van der Waals surface area contributed by atoms with Crippen LogP contribution in [-0.4, -0.2) is 50.0 Å². The predicted molar refractivity (Wildman–Crippen MR) is 137 cm³/mol. The second-order valence-electron chi connectivity index (χ2n) is 8.36. The molecule has 0 bridgehead atoms. The lowest BCUT2D eigenvalue weighted by Crippen LogP contribution is -2.39. The van der Waals surface area contributed by atoms with E-state index in [0.29, 0.717) is 29.2 Å². The predicted octanol–water partition coefficient (Wildman–Crippen LogP) is 4.50. The summed E-state index contributed by atoms with van der Waals surface area (Å²) < 4.78 is 16.4. The maximum absolute atomic E-state index is 13.3. The van der Waals surface area contributed by atoms with E-state index in [1.165, 1.54) is 0 Å². The number of hydrogen-bond donors (Lipinski definition) is 3. The molecule has 1 amide bonds. The van der Waals surface area contributed by atoms with Crippen LogP contribution in [0.2, 0.25) is 0 Å². The first kappa shape index (κ1) is 24.2. The monoisotopic (exact) mass is 474 g/mol. The summed E-state index contributed by atoms with van der Waals surface area (Å²) in [5, 5.41) is 14.1. The molecule has 0 aliphatic rings. The molecule has 0 saturated heterocycles. The Kier molecular flexibility index (Phi) is 7.27. The smallest absolute Gasteiger partial charge is 0.251 e. The lowest BCUT2D eigenvalue weighted by Gasteiger charge is -2.18. The van der Waals surface area contributed by atoms with E-state index in [9.17, 15) is 9.90 Å². The van der Waals surface area contributed by atoms with Crippen LogP contribution in [0.3, 0.4) is 0 Å². The molecule has 3 aromatic carbocycles. The highest BCUT2D eigenvalue weighted by molar-refractivity contribution is 5.97. The summed E-state index contributed by atoms with van der Waals surface area (Å²) in [6.45, 7) is 1.72. The van der Waals surface area contributed by atoms with Gasteiger partial charge in [-0.3, -0.25) is 4.79 Å². The van der Waals surface area contributed by atoms with Crippen molar-refractivity contribution in [2.24, 2.45) is 0 Å². The summed E-state index contributed by atoms with van der Waals surface area (Å²) in [6, 6.07) is 16.9. The van der Waals surface area contributed by atoms with Gasteiger partial charge in [0, 0.05) is 22.7 Å². The van der Waals surface area contributed by atoms with Gasteiger partial charge in [-0.05, 0) is 59.9 Å². The van der Waals surface area contributed by atoms with Gasteiger partial charge in [-0.1, -0.05) is 30.3 Å². The summed E-state index contributed by atoms with van der Waals surface area (Å²) in [4.78, 5) is 16.5. The first-order valence-corrected chi connectivity index (χ1v) is 11.4. The second-order valence-corrected chi connectivity index (χ2v) is 8.36. The number of aromatic nitrogens is 1. The number of aromatic amines is 1. The van der Waals surface area contributed by atoms with Gasteiger partial charge < -0.3 is 29.6 Å². The maximum Gasteiger partial charge on any atom is 0.251 e. The van der Waals surface area contributed by atoms with Crippen LogP contribution in [0, 0.1) is 6.92 Å². The number of para-hydroxylation sites is 1. The molecule has 0 aliphatic heterocycles. The molecule has 7 nitrogen and oxygen atoms in total. The summed E-state index contributed by atoms with van der Waals surface area (Å²) in [5.74, 6) is 1.34. The Bertz CT molecular complexity index is 1320. The van der Waals surface area contributed by atoms with E-state index in [2.05, 4.69) is 10.3 Å². The van der Waals surface area contributed by atoms with E-state index < -0.39 is 6.04 Å². The zero-order chi connectivity index (χ0) is 24.9. The van der Waals surface area contributed by atoms with Crippen molar-refractivity contribution in [3.05, 3.63) is 77.5 Å². The zero-order valence-electron chi connectivity index (χ0n) is 20.3. The fourth-order valence-corrected chi connectivity index (χ4v) is 4.28. The normalized spacial score (nSPS) is 11.8. The standard InChI is InChI=1S/C28H30N2O5/c1-17-9-10-18(19-13-25(33-2)27(35-4)26(14-19)34-3)12-23(17)28(32)30-21(16-31)11-20-15-29-24-8-6-5-7-22(20)24/h5-10,12-15,21,29,31H,11,16H2,1-4H3,(H,30,32)/t21-/m1/s1. The highest BCUT2D eigenvalue weighted by Gasteiger charge is 2.19. The fraction of sp³-hybridized carbons (Fsp3) is 0.250. The van der Waals surface area contributed by atoms with Gasteiger partial charge in [0.15, 0.2) is 11.5 Å². The van der Waals surface area contributed by atoms with Crippen molar-refractivity contribution in [3.8, 4) is 28.4 Å². The van der Waals surface area contributed by atoms with Gasteiger partial charge in [0.25, 0.3) is 5.91 Å². The molecule has 3 N–H and O–H groups in total. The van der Waals surface area contributed by atoms with E-state index in [-0.39, 0.29) is 12.5 Å². The Morgan fingerprint density at radius 3 is 2.34 bits per heavy atom. The number of H-pyrrole nitrogens is 1. The third-order valence-electron chi connectivity index (χ3n) is 6.18. The number of fused-ring (bicyclic) bond motifs is 1. The van der Waals surface area contributed by atoms with Gasteiger partial charge >= 0.3 is 0 Å². The van der Waals surface area contributed by atoms with Crippen LogP contribution in [-0.2, 0) is 6.42 Å². The summed E-state index contributed by atoms with van der Waals surface area (Å²) >= 11 is 0. The van der Waals surface area contributed by atoms with Crippen LogP contribution in [0.5, 0.6) is 17.2 Å². The van der Waals surface area contributed by atoms with Gasteiger partial charge in [-0.2, -0.15) is 0 Å². The summed E-state index contributed by atoms with van der Waals surface area (Å²) in [7, 11) is 4.69. The number of ether oxygens (including phenoxy) is 3. The molecule has 0 radical (unpaired) electrons. The van der Waals surface area contributed by atoms with Crippen LogP contribution >= 0.6 is 0 Å². The van der Waals surface area contributed by atoms with Crippen molar-refractivity contribution in [1.82, 2.24) is 10.3 Å². The number of nitrogens with one attached hydrogen (secondary N) is 2. The van der Waals surface area contributed by atoms with Crippen molar-refractivity contribution in [1.29, 1.82) is 0 Å². The Morgan fingerprint density at radius 1 is 0.971 bits per heavy atom. The minimum absolute atomic E-state index is 0.170. The third-order valence-corrected chi connectivity index (χ3v) is 6.18. The molecule has 0 fully saturated rings. The van der Waals surface area contributed by atoms with Crippen LogP contribution in [0.4, 0.5) is 0 Å². The maximum atomic E-state index is 13.3. The molecular formula is C28H30N2O5. The van der Waals surface area contributed by atoms with Crippen molar-refractivity contribution < 1.29 is 24.1 Å². The number of benzene rings is 3. The molecule has 0 spiro atoms. The van der Waals surface area contributed by atoms with Crippen molar-refractivity contribution >= 4 is 16.8 Å². The van der Waals surface area contributed by atoms with Gasteiger partial charge in [-0.15, -0.1) is 0 Å². The van der Waals surface area contributed by atoms with Crippen LogP contribution < -0.4 is 19.5 Å². The Labute approximate surface area is 204 Å². The summed E-state index contributed by atoms with van der Waals surface area (Å²) in [5.41, 5.74) is 5.10. The molecule has 1 atom stereocenters. The molecule has 35 heavy (non-hydrogen) atoms. The molecule has 4 rings (SSSR count). The number of methoxy groups -OCH3 is 3. The SMILES string of the molecule is COc1cc(-c2ccc(C)c(C(=O)N[C@@H](CO)Cc3c[nH]c4ccccc34)c2)cc(OC)c1OC. The second kappa shape index (κ2) is 10.5. The average molecular weight is 475 g/mol. The Balaban J connectivity index is 1.60. The molecule has 0 unspecified atom stereocenters. The van der Waals surface area contributed by atoms with E-state index in [1.807, 2.05) is 67.7 Å². The number of rotatable bonds is 9. The minimum atomic E-state index is -0.425. The van der Waals surface area contributed by atoms with Gasteiger partial charge in [0.1, 0.15) is 0 Å². The number of amides is 1. The molecule has 0 aliphatic carbocycles. The van der Waals surface area contributed by atoms with Crippen LogP contribution in [0.25, 0.3) is 22.0 Å². The van der Waals surface area contributed by atoms with Crippen LogP contribution in [0.15, 0.2) is 60.8 Å². The number of carbonyl (C=O) groups excluding carboxylic acids is 1. The lowest BCUT2D eigenvalue weighted by atomic mass is 9.98. The molecule has 1 heterocycles. The van der Waals surface area contributed by atoms with Gasteiger partial charge in [0.2, 0.25) is 5.75 Å². The van der Waals surface area contributed by atoms with E-state index in [0.717, 1.165) is 33.2 Å². The number of hydrogen-bond acceptors (Lipinski definition) is 5. The van der Waals surface area contributed by atoms with Crippen molar-refractivity contribution in [3.63, 3.8) is 0 Å². The molecule has 4 aromatic rings. The molecule has 0 saturated carbocycles. The number of aliphatic hydroxyl groups excluding tert-OH is 1. The third kappa shape index (κ3) is 4.95. The van der Waals surface area contributed by atoms with Crippen molar-refractivity contribution in [2.45, 2.75) is 19.4 Å². The van der Waals surface area contributed by atoms with E-state index in [1.54, 1.807) is 21.3 Å². The Hall–Kier alpha value is -3.97. The largest absolute Gasteiger partial charge is 0.493 e. The Morgan fingerprint density at radius 2 is 1.69 bits per heavy atom. The number of carbonyl (C=O) groups is 1. The fourth-order valence-electron chi connectivity index (χ4n) is 4.28. The topological polar surface area (TPSA) is 92.8 Å². The zero-order valence-corrected chi connectivity index (χ0v) is 20.3. The first-order chi connectivity index (χ1) is 17.0. The average Bonchev–Trinajstić information content (AvgIpc) is 3.30. The van der Waals surface area contributed by atoms with Crippen LogP contribution in [0.1, 0.15) is 21.5 Å². The van der Waals surface area contributed by atoms with Gasteiger partial charge in [0.05, 0.1) is 34.0 Å². The highest BCUT2D eigenvalue weighted by Crippen LogP contribution is 2.41. The van der Waals surface area contributed by atoms with E-state index in [4.69, 9.17) is 14.2 Å². The molecule has 7 heteroatoms. The number of aryl methyl sites for hydroxylation is 1. The van der Waals surface area contributed by atoms with Gasteiger partial charge in [-0.25, -0.2) is 0 Å². The summed E-state index contributed by atoms with van der Waals surface area (Å²) in [6.07, 6.45) is 2.44. The quantitative estimate of drug-likeness (QED) is 0.332. The molecule has 1 aromatic heterocycles. The van der Waals surface area contributed by atoms with Crippen molar-refractivity contribution in [2.75, 3.05) is 27.9 Å². The highest BCUT2D eigenvalue weighted by atomic mass is 16.5. The first-order valence-electron chi connectivity index (χ1n) is 11.4. The molecule has 182 valence electrons. The minimum Gasteiger partial charge on any atom is -0.493 e. The lowest BCUT2D eigenvalue weighted by molar-refractivity contribution is 0.0916.